The summed E-state index contributed by atoms with van der Waals surface area (Å²) < 4.78 is 5.43. The van der Waals surface area contributed by atoms with Gasteiger partial charge in [-0.25, -0.2) is 14.8 Å². The fraction of sp³-hybridized carbons (Fsp3) is 0.538. The maximum absolute atomic E-state index is 12.4. The van der Waals surface area contributed by atoms with Gasteiger partial charge in [-0.05, 0) is 6.26 Å². The Morgan fingerprint density at radius 1 is 1.38 bits per heavy atom. The number of ether oxygens (including phenoxy) is 1. The smallest absolute Gasteiger partial charge is 0.410 e. The molecule has 7 nitrogen and oxygen atoms in total. The molecule has 1 spiro atoms. The van der Waals surface area contributed by atoms with Gasteiger partial charge in [0, 0.05) is 32.4 Å². The average Bonchev–Trinajstić information content (AvgIpc) is 3.02. The molecule has 0 N–H and O–H groups in total. The minimum atomic E-state index is -0.554. The van der Waals surface area contributed by atoms with Crippen LogP contribution >= 0.6 is 11.8 Å². The Balaban J connectivity index is 1.71. The molecule has 0 aromatic carbocycles. The van der Waals surface area contributed by atoms with E-state index in [9.17, 15) is 9.59 Å². The van der Waals surface area contributed by atoms with E-state index >= 15 is 0 Å². The number of carbonyl (C=O) groups is 2. The van der Waals surface area contributed by atoms with E-state index in [0.29, 0.717) is 36.8 Å². The Hall–Kier alpha value is -1.83. The van der Waals surface area contributed by atoms with E-state index in [1.54, 1.807) is 29.2 Å². The average molecular weight is 308 g/mol. The predicted molar refractivity (Wildman–Crippen MR) is 76.2 cm³/mol. The first-order chi connectivity index (χ1) is 10.0. The Labute approximate surface area is 126 Å². The zero-order valence-electron chi connectivity index (χ0n) is 11.9. The summed E-state index contributed by atoms with van der Waals surface area (Å²) in [5, 5.41) is 0.635. The number of thioether (sulfide) groups is 1. The van der Waals surface area contributed by atoms with Crippen LogP contribution in [-0.2, 0) is 4.74 Å². The number of aromatic nitrogens is 2. The van der Waals surface area contributed by atoms with Crippen LogP contribution in [0.15, 0.2) is 17.6 Å². The fourth-order valence-electron chi connectivity index (χ4n) is 2.74. The maximum atomic E-state index is 12.4. The van der Waals surface area contributed by atoms with Crippen molar-refractivity contribution < 1.29 is 14.3 Å². The first kappa shape index (κ1) is 14.1. The summed E-state index contributed by atoms with van der Waals surface area (Å²) >= 11 is 1.43. The Morgan fingerprint density at radius 2 is 2.10 bits per heavy atom. The summed E-state index contributed by atoms with van der Waals surface area (Å²) in [7, 11) is 1.70. The van der Waals surface area contributed by atoms with Gasteiger partial charge in [0.15, 0.2) is 10.8 Å². The molecule has 2 fully saturated rings. The summed E-state index contributed by atoms with van der Waals surface area (Å²) in [4.78, 5) is 35.4. The minimum absolute atomic E-state index is 0.120. The molecule has 0 bridgehead atoms. The van der Waals surface area contributed by atoms with Crippen molar-refractivity contribution in [3.8, 4) is 0 Å². The van der Waals surface area contributed by atoms with Crippen LogP contribution in [0.4, 0.5) is 4.79 Å². The monoisotopic (exact) mass is 308 g/mol. The summed E-state index contributed by atoms with van der Waals surface area (Å²) in [6.07, 6.45) is 5.31. The lowest BCUT2D eigenvalue weighted by Crippen LogP contribution is -2.39. The molecule has 8 heteroatoms. The van der Waals surface area contributed by atoms with E-state index in [4.69, 9.17) is 4.74 Å². The molecule has 2 amide bonds. The highest BCUT2D eigenvalue weighted by molar-refractivity contribution is 7.98. The molecule has 0 aliphatic carbocycles. The van der Waals surface area contributed by atoms with Gasteiger partial charge in [0.25, 0.3) is 5.91 Å². The molecule has 2 aliphatic heterocycles. The van der Waals surface area contributed by atoms with Gasteiger partial charge < -0.3 is 14.5 Å². The number of likely N-dealkylation sites (tertiary alicyclic amines) is 1. The molecule has 2 aliphatic rings. The van der Waals surface area contributed by atoms with Gasteiger partial charge in [-0.15, -0.1) is 0 Å². The molecule has 3 rings (SSSR count). The molecule has 0 radical (unpaired) electrons. The first-order valence-electron chi connectivity index (χ1n) is 6.62. The van der Waals surface area contributed by atoms with Crippen LogP contribution in [0, 0.1) is 0 Å². The lowest BCUT2D eigenvalue weighted by Gasteiger charge is -2.21. The number of hydrogen-bond donors (Lipinski definition) is 0. The molecular weight excluding hydrogens is 292 g/mol. The molecule has 1 aromatic heterocycles. The zero-order valence-corrected chi connectivity index (χ0v) is 12.7. The Bertz CT molecular complexity index is 579. The highest BCUT2D eigenvalue weighted by Gasteiger charge is 2.49. The van der Waals surface area contributed by atoms with Crippen LogP contribution in [0.2, 0.25) is 0 Å². The molecule has 1 unspecified atom stereocenters. The number of rotatable bonds is 2. The molecule has 0 saturated carbocycles. The zero-order chi connectivity index (χ0) is 15.0. The molecule has 1 aromatic rings. The predicted octanol–water partition coefficient (Wildman–Crippen LogP) is 0.865. The van der Waals surface area contributed by atoms with Gasteiger partial charge in [-0.2, -0.15) is 0 Å². The van der Waals surface area contributed by atoms with Crippen molar-refractivity contribution in [3.63, 3.8) is 0 Å². The largest absolute Gasteiger partial charge is 0.439 e. The topological polar surface area (TPSA) is 75.6 Å². The van der Waals surface area contributed by atoms with Crippen molar-refractivity contribution in [3.05, 3.63) is 18.0 Å². The quantitative estimate of drug-likeness (QED) is 0.596. The number of likely N-dealkylation sites (N-methyl/N-ethyl adjacent to an activating group) is 1. The summed E-state index contributed by atoms with van der Waals surface area (Å²) in [5.41, 5.74) is -0.0933. The summed E-state index contributed by atoms with van der Waals surface area (Å²) in [6.45, 7) is 1.52. The number of carbonyl (C=O) groups excluding carboxylic acids is 2. The van der Waals surface area contributed by atoms with Crippen molar-refractivity contribution in [2.45, 2.75) is 17.2 Å². The van der Waals surface area contributed by atoms with Gasteiger partial charge in [-0.3, -0.25) is 4.79 Å². The minimum Gasteiger partial charge on any atom is -0.439 e. The number of nitrogens with zero attached hydrogens (tertiary/aromatic N) is 4. The van der Waals surface area contributed by atoms with Crippen LogP contribution in [0.3, 0.4) is 0 Å². The van der Waals surface area contributed by atoms with Gasteiger partial charge in [-0.1, -0.05) is 11.8 Å². The van der Waals surface area contributed by atoms with Crippen molar-refractivity contribution in [2.75, 3.05) is 32.9 Å². The highest BCUT2D eigenvalue weighted by atomic mass is 32.2. The van der Waals surface area contributed by atoms with E-state index < -0.39 is 5.60 Å². The summed E-state index contributed by atoms with van der Waals surface area (Å²) in [5.74, 6) is -0.120. The van der Waals surface area contributed by atoms with Crippen molar-refractivity contribution >= 4 is 23.8 Å². The van der Waals surface area contributed by atoms with E-state index in [2.05, 4.69) is 9.97 Å². The van der Waals surface area contributed by atoms with E-state index in [0.717, 1.165) is 0 Å². The van der Waals surface area contributed by atoms with Crippen LogP contribution < -0.4 is 0 Å². The van der Waals surface area contributed by atoms with Crippen molar-refractivity contribution in [1.82, 2.24) is 19.8 Å². The van der Waals surface area contributed by atoms with Gasteiger partial charge in [0.05, 0.1) is 18.7 Å². The molecule has 3 heterocycles. The third-order valence-electron chi connectivity index (χ3n) is 3.80. The van der Waals surface area contributed by atoms with Gasteiger partial charge in [0.1, 0.15) is 0 Å². The van der Waals surface area contributed by atoms with Crippen molar-refractivity contribution in [1.29, 1.82) is 0 Å². The molecule has 112 valence electrons. The van der Waals surface area contributed by atoms with Gasteiger partial charge in [0.2, 0.25) is 0 Å². The summed E-state index contributed by atoms with van der Waals surface area (Å²) in [6, 6.07) is 0. The molecule has 1 atom stereocenters. The van der Waals surface area contributed by atoms with Crippen LogP contribution in [0.1, 0.15) is 16.8 Å². The lowest BCUT2D eigenvalue weighted by molar-refractivity contribution is 0.0552. The number of amides is 2. The highest BCUT2D eigenvalue weighted by Crippen LogP contribution is 2.32. The second-order valence-corrected chi connectivity index (χ2v) is 6.12. The lowest BCUT2D eigenvalue weighted by atomic mass is 10.0. The van der Waals surface area contributed by atoms with Crippen molar-refractivity contribution in [2.24, 2.45) is 0 Å². The SMILES string of the molecule is CSc1ncc(C(=O)N2CCC3(CN(C)C(=O)O3)C2)cn1. The third kappa shape index (κ3) is 2.55. The Morgan fingerprint density at radius 3 is 2.67 bits per heavy atom. The second kappa shape index (κ2) is 5.18. The third-order valence-corrected chi connectivity index (χ3v) is 4.38. The normalized spacial score (nSPS) is 24.8. The van der Waals surface area contributed by atoms with Crippen LogP contribution in [0.5, 0.6) is 0 Å². The first-order valence-corrected chi connectivity index (χ1v) is 7.85. The second-order valence-electron chi connectivity index (χ2n) is 5.34. The fourth-order valence-corrected chi connectivity index (χ4v) is 3.05. The van der Waals surface area contributed by atoms with E-state index in [1.165, 1.54) is 11.8 Å². The van der Waals surface area contributed by atoms with Crippen LogP contribution in [0.25, 0.3) is 0 Å². The maximum Gasteiger partial charge on any atom is 0.410 e. The van der Waals surface area contributed by atoms with Gasteiger partial charge >= 0.3 is 6.09 Å². The number of hydrogen-bond acceptors (Lipinski definition) is 6. The van der Waals surface area contributed by atoms with E-state index in [1.807, 2.05) is 6.26 Å². The van der Waals surface area contributed by atoms with E-state index in [-0.39, 0.29) is 12.0 Å². The molecule has 2 saturated heterocycles. The standard InChI is InChI=1S/C13H16N4O3S/c1-16-7-13(20-12(16)19)3-4-17(8-13)10(18)9-5-14-11(21-2)15-6-9/h5-6H,3-4,7-8H2,1-2H3. The van der Waals surface area contributed by atoms with Crippen LogP contribution in [-0.4, -0.2) is 70.3 Å². The molecule has 21 heavy (non-hydrogen) atoms. The Kier molecular flexibility index (Phi) is 3.48. The molecular formula is C13H16N4O3S.